The maximum atomic E-state index is 13.0. The Morgan fingerprint density at radius 2 is 1.72 bits per heavy atom. The number of amides is 2. The lowest BCUT2D eigenvalue weighted by Crippen LogP contribution is -2.51. The third-order valence-electron chi connectivity index (χ3n) is 5.93. The molecule has 3 aromatic rings. The van der Waals surface area contributed by atoms with Gasteiger partial charge in [0.05, 0.1) is 16.9 Å². The fourth-order valence-electron chi connectivity index (χ4n) is 4.23. The van der Waals surface area contributed by atoms with Crippen LogP contribution in [-0.4, -0.2) is 81.7 Å². The van der Waals surface area contributed by atoms with E-state index in [1.165, 1.54) is 24.2 Å². The van der Waals surface area contributed by atoms with Crippen LogP contribution < -0.4 is 0 Å². The van der Waals surface area contributed by atoms with Gasteiger partial charge in [-0.2, -0.15) is 0 Å². The molecule has 7 nitrogen and oxygen atoms in total. The Labute approximate surface area is 177 Å². The van der Waals surface area contributed by atoms with Crippen molar-refractivity contribution in [1.82, 2.24) is 24.1 Å². The van der Waals surface area contributed by atoms with E-state index in [1.54, 1.807) is 11.3 Å². The average molecular weight is 432 g/mol. The van der Waals surface area contributed by atoms with Crippen LogP contribution >= 0.6 is 22.7 Å². The van der Waals surface area contributed by atoms with E-state index in [0.717, 1.165) is 59.2 Å². The Morgan fingerprint density at radius 3 is 2.48 bits per heavy atom. The fourth-order valence-corrected chi connectivity index (χ4v) is 6.00. The Kier molecular flexibility index (Phi) is 5.28. The molecular weight excluding hydrogens is 406 g/mol. The number of carbonyl (C=O) groups excluding carboxylic acids is 2. The fraction of sp³-hybridized carbons (Fsp3) is 0.550. The van der Waals surface area contributed by atoms with Gasteiger partial charge in [0.2, 0.25) is 5.91 Å². The van der Waals surface area contributed by atoms with E-state index >= 15 is 0 Å². The van der Waals surface area contributed by atoms with Crippen LogP contribution in [0.2, 0.25) is 0 Å². The predicted octanol–water partition coefficient (Wildman–Crippen LogP) is 2.77. The second-order valence-corrected chi connectivity index (χ2v) is 9.74. The van der Waals surface area contributed by atoms with Gasteiger partial charge in [-0.25, -0.2) is 4.98 Å². The minimum atomic E-state index is 0.0791. The van der Waals surface area contributed by atoms with Crippen LogP contribution in [0.15, 0.2) is 17.6 Å². The zero-order valence-electron chi connectivity index (χ0n) is 16.4. The number of hydrogen-bond donors (Lipinski definition) is 0. The first-order valence-electron chi connectivity index (χ1n) is 10.3. The molecule has 5 heterocycles. The topological polar surface area (TPSA) is 61.2 Å². The van der Waals surface area contributed by atoms with Gasteiger partial charge in [0.15, 0.2) is 4.96 Å². The highest BCUT2D eigenvalue weighted by molar-refractivity contribution is 7.21. The molecule has 2 aliphatic rings. The summed E-state index contributed by atoms with van der Waals surface area (Å²) in [7, 11) is 0. The monoisotopic (exact) mass is 431 g/mol. The molecule has 154 valence electrons. The zero-order chi connectivity index (χ0) is 19.8. The van der Waals surface area contributed by atoms with Crippen molar-refractivity contribution in [1.29, 1.82) is 0 Å². The normalized spacial score (nSPS) is 19.2. The Hall–Kier alpha value is -1.97. The van der Waals surface area contributed by atoms with E-state index in [4.69, 9.17) is 0 Å². The molecule has 0 aromatic carbocycles. The molecule has 0 radical (unpaired) electrons. The van der Waals surface area contributed by atoms with Gasteiger partial charge in [0.25, 0.3) is 5.91 Å². The molecule has 29 heavy (non-hydrogen) atoms. The van der Waals surface area contributed by atoms with Gasteiger partial charge in [-0.05, 0) is 18.9 Å². The third kappa shape index (κ3) is 3.78. The number of imidazole rings is 1. The Balaban J connectivity index is 1.18. The van der Waals surface area contributed by atoms with Gasteiger partial charge >= 0.3 is 0 Å². The van der Waals surface area contributed by atoms with Crippen molar-refractivity contribution < 1.29 is 9.59 Å². The summed E-state index contributed by atoms with van der Waals surface area (Å²) in [6.07, 6.45) is 6.70. The van der Waals surface area contributed by atoms with Gasteiger partial charge in [-0.1, -0.05) is 12.8 Å². The summed E-state index contributed by atoms with van der Waals surface area (Å²) < 4.78 is 2.04. The van der Waals surface area contributed by atoms with Crippen molar-refractivity contribution in [2.75, 3.05) is 45.8 Å². The highest BCUT2D eigenvalue weighted by atomic mass is 32.1. The molecule has 5 rings (SSSR count). The number of rotatable bonds is 3. The maximum absolute atomic E-state index is 13.0. The van der Waals surface area contributed by atoms with Gasteiger partial charge < -0.3 is 9.80 Å². The first-order chi connectivity index (χ1) is 14.2. The molecule has 0 bridgehead atoms. The van der Waals surface area contributed by atoms with Crippen LogP contribution in [-0.2, 0) is 4.79 Å². The van der Waals surface area contributed by atoms with Crippen molar-refractivity contribution in [2.24, 2.45) is 0 Å². The van der Waals surface area contributed by atoms with Crippen LogP contribution in [0.5, 0.6) is 0 Å². The molecule has 0 aliphatic carbocycles. The molecule has 0 unspecified atom stereocenters. The number of likely N-dealkylation sites (tertiary alicyclic amines) is 1. The summed E-state index contributed by atoms with van der Waals surface area (Å²) >= 11 is 3.07. The number of thiophene rings is 1. The number of carbonyl (C=O) groups is 2. The first-order valence-corrected chi connectivity index (χ1v) is 12.0. The van der Waals surface area contributed by atoms with Crippen LogP contribution in [0, 0.1) is 0 Å². The highest BCUT2D eigenvalue weighted by Gasteiger charge is 2.26. The molecule has 3 aromatic heterocycles. The minimum absolute atomic E-state index is 0.0791. The van der Waals surface area contributed by atoms with Crippen molar-refractivity contribution >= 4 is 49.8 Å². The summed E-state index contributed by atoms with van der Waals surface area (Å²) in [6.45, 7) is 5.12. The maximum Gasteiger partial charge on any atom is 0.264 e. The first kappa shape index (κ1) is 19.0. The molecule has 0 saturated carbocycles. The van der Waals surface area contributed by atoms with Crippen molar-refractivity contribution in [3.8, 4) is 0 Å². The lowest BCUT2D eigenvalue weighted by atomic mass is 10.2. The average Bonchev–Trinajstić information content (AvgIpc) is 3.34. The van der Waals surface area contributed by atoms with Crippen molar-refractivity contribution in [2.45, 2.75) is 25.7 Å². The van der Waals surface area contributed by atoms with Gasteiger partial charge in [0.1, 0.15) is 4.83 Å². The second-order valence-electron chi connectivity index (χ2n) is 7.83. The van der Waals surface area contributed by atoms with E-state index in [0.29, 0.717) is 19.6 Å². The molecular formula is C20H25N5O2S2. The number of piperazine rings is 1. The molecule has 0 atom stereocenters. The van der Waals surface area contributed by atoms with E-state index in [1.807, 2.05) is 31.8 Å². The van der Waals surface area contributed by atoms with Crippen LogP contribution in [0.1, 0.15) is 35.4 Å². The van der Waals surface area contributed by atoms with Crippen molar-refractivity contribution in [3.63, 3.8) is 0 Å². The standard InChI is InChI=1S/C20H25N5O2S2/c26-17(23-5-3-1-2-4-6-23)14-22-7-9-24(10-8-22)19(27)16-13-15-18(29-16)21-20-25(15)11-12-28-20/h11-13H,1-10,14H2. The van der Waals surface area contributed by atoms with E-state index < -0.39 is 0 Å². The SMILES string of the molecule is O=C(CN1CCN(C(=O)c2cc3c(nc4sccn43)s2)CC1)N1CCCCCC1. The molecule has 2 aliphatic heterocycles. The predicted molar refractivity (Wildman–Crippen MR) is 116 cm³/mol. The van der Waals surface area contributed by atoms with Crippen LogP contribution in [0.4, 0.5) is 0 Å². The lowest BCUT2D eigenvalue weighted by molar-refractivity contribution is -0.132. The van der Waals surface area contributed by atoms with Gasteiger partial charge in [-0.15, -0.1) is 22.7 Å². The molecule has 0 spiro atoms. The number of aromatic nitrogens is 2. The van der Waals surface area contributed by atoms with E-state index in [2.05, 4.69) is 9.88 Å². The van der Waals surface area contributed by atoms with E-state index in [-0.39, 0.29) is 11.8 Å². The third-order valence-corrected chi connectivity index (χ3v) is 7.69. The Bertz CT molecular complexity index is 1020. The Morgan fingerprint density at radius 1 is 0.966 bits per heavy atom. The van der Waals surface area contributed by atoms with Crippen LogP contribution in [0.25, 0.3) is 15.3 Å². The minimum Gasteiger partial charge on any atom is -0.342 e. The number of fused-ring (bicyclic) bond motifs is 3. The zero-order valence-corrected chi connectivity index (χ0v) is 18.0. The smallest absolute Gasteiger partial charge is 0.264 e. The summed E-state index contributed by atoms with van der Waals surface area (Å²) in [6, 6.07) is 1.96. The summed E-state index contributed by atoms with van der Waals surface area (Å²) in [5, 5.41) is 2.01. The largest absolute Gasteiger partial charge is 0.342 e. The molecule has 9 heteroatoms. The van der Waals surface area contributed by atoms with Gasteiger partial charge in [-0.3, -0.25) is 18.9 Å². The second kappa shape index (κ2) is 8.04. The number of thiazole rings is 1. The quantitative estimate of drug-likeness (QED) is 0.640. The van der Waals surface area contributed by atoms with E-state index in [9.17, 15) is 9.59 Å². The number of hydrogen-bond acceptors (Lipinski definition) is 6. The highest BCUT2D eigenvalue weighted by Crippen LogP contribution is 2.29. The number of nitrogens with zero attached hydrogens (tertiary/aromatic N) is 5. The summed E-state index contributed by atoms with van der Waals surface area (Å²) in [5.74, 6) is 0.321. The molecule has 0 N–H and O–H groups in total. The summed E-state index contributed by atoms with van der Waals surface area (Å²) in [4.78, 5) is 38.9. The van der Waals surface area contributed by atoms with Gasteiger partial charge in [0, 0.05) is 50.8 Å². The molecule has 2 fully saturated rings. The van der Waals surface area contributed by atoms with Crippen LogP contribution in [0.3, 0.4) is 0 Å². The van der Waals surface area contributed by atoms with Crippen molar-refractivity contribution in [3.05, 3.63) is 22.5 Å². The lowest BCUT2D eigenvalue weighted by Gasteiger charge is -2.35. The molecule has 2 saturated heterocycles. The summed E-state index contributed by atoms with van der Waals surface area (Å²) in [5.41, 5.74) is 1.01. The molecule has 2 amide bonds.